The minimum absolute atomic E-state index is 0.0365. The average molecular weight is 341 g/mol. The quantitative estimate of drug-likeness (QED) is 0.824. The van der Waals surface area contributed by atoms with Crippen LogP contribution in [0.3, 0.4) is 0 Å². The van der Waals surface area contributed by atoms with Crippen molar-refractivity contribution in [2.24, 2.45) is 5.92 Å². The standard InChI is InChI=1S/C18H19N3O4/c1-21-10-13(7-11-5-3-4-6-15(11)21)16(22)20-14-8-12(18(24)25-2)9-19-17(14)23/h3-6,8-9,13H,7,10H2,1-2H3,(H,19,23)(H,20,22)/t13-/m1/s1. The first-order chi connectivity index (χ1) is 12.0. The molecule has 1 aromatic heterocycles. The van der Waals surface area contributed by atoms with Crippen molar-refractivity contribution in [3.8, 4) is 0 Å². The summed E-state index contributed by atoms with van der Waals surface area (Å²) in [5.74, 6) is -1.13. The molecule has 1 aromatic carbocycles. The number of pyridine rings is 1. The van der Waals surface area contributed by atoms with Crippen LogP contribution in [0.1, 0.15) is 15.9 Å². The van der Waals surface area contributed by atoms with E-state index in [4.69, 9.17) is 0 Å². The molecule has 0 radical (unpaired) electrons. The Kier molecular flexibility index (Phi) is 4.56. The van der Waals surface area contributed by atoms with Crippen LogP contribution in [0.2, 0.25) is 0 Å². The van der Waals surface area contributed by atoms with E-state index in [0.717, 1.165) is 11.3 Å². The fourth-order valence-corrected chi connectivity index (χ4v) is 3.04. The highest BCUT2D eigenvalue weighted by Gasteiger charge is 2.28. The number of aromatic nitrogens is 1. The van der Waals surface area contributed by atoms with Gasteiger partial charge in [0.2, 0.25) is 5.91 Å². The summed E-state index contributed by atoms with van der Waals surface area (Å²) in [4.78, 5) is 40.6. The molecule has 2 aromatic rings. The van der Waals surface area contributed by atoms with E-state index >= 15 is 0 Å². The van der Waals surface area contributed by atoms with Crippen LogP contribution in [-0.2, 0) is 16.0 Å². The van der Waals surface area contributed by atoms with E-state index < -0.39 is 11.5 Å². The molecule has 25 heavy (non-hydrogen) atoms. The number of ether oxygens (including phenoxy) is 1. The van der Waals surface area contributed by atoms with Gasteiger partial charge in [0.1, 0.15) is 5.69 Å². The summed E-state index contributed by atoms with van der Waals surface area (Å²) in [5.41, 5.74) is 1.94. The number of fused-ring (bicyclic) bond motifs is 1. The lowest BCUT2D eigenvalue weighted by molar-refractivity contribution is -0.119. The Bertz CT molecular complexity index is 875. The molecule has 0 aliphatic carbocycles. The molecule has 2 N–H and O–H groups in total. The van der Waals surface area contributed by atoms with Gasteiger partial charge >= 0.3 is 5.97 Å². The molecule has 2 heterocycles. The number of carbonyl (C=O) groups excluding carboxylic acids is 2. The molecule has 7 nitrogen and oxygen atoms in total. The van der Waals surface area contributed by atoms with Crippen LogP contribution in [0.15, 0.2) is 41.3 Å². The zero-order chi connectivity index (χ0) is 18.0. The Morgan fingerprint density at radius 1 is 1.32 bits per heavy atom. The second-order valence-electron chi connectivity index (χ2n) is 6.02. The SMILES string of the molecule is COC(=O)c1c[nH]c(=O)c(NC(=O)[C@@H]2Cc3ccccc3N(C)C2)c1. The molecule has 1 atom stereocenters. The summed E-state index contributed by atoms with van der Waals surface area (Å²) in [6.07, 6.45) is 1.86. The predicted octanol–water partition coefficient (Wildman–Crippen LogP) is 1.41. The summed E-state index contributed by atoms with van der Waals surface area (Å²) in [5, 5.41) is 2.63. The minimum atomic E-state index is -0.585. The van der Waals surface area contributed by atoms with Crippen LogP contribution in [0.25, 0.3) is 0 Å². The number of esters is 1. The third kappa shape index (κ3) is 3.40. The Morgan fingerprint density at radius 3 is 2.84 bits per heavy atom. The molecular weight excluding hydrogens is 322 g/mol. The molecule has 1 aliphatic rings. The van der Waals surface area contributed by atoms with Crippen molar-refractivity contribution >= 4 is 23.3 Å². The Hall–Kier alpha value is -3.09. The number of hydrogen-bond acceptors (Lipinski definition) is 5. The van der Waals surface area contributed by atoms with Crippen molar-refractivity contribution in [2.75, 3.05) is 30.9 Å². The number of nitrogens with one attached hydrogen (secondary N) is 2. The third-order valence-electron chi connectivity index (χ3n) is 4.32. The second kappa shape index (κ2) is 6.80. The molecule has 0 fully saturated rings. The van der Waals surface area contributed by atoms with Gasteiger partial charge in [-0.1, -0.05) is 18.2 Å². The molecule has 0 saturated heterocycles. The molecular formula is C18H19N3O4. The molecule has 1 aliphatic heterocycles. The number of amides is 1. The maximum Gasteiger partial charge on any atom is 0.339 e. The minimum Gasteiger partial charge on any atom is -0.465 e. The van der Waals surface area contributed by atoms with E-state index in [9.17, 15) is 14.4 Å². The maximum absolute atomic E-state index is 12.6. The van der Waals surface area contributed by atoms with E-state index in [-0.39, 0.29) is 23.1 Å². The number of methoxy groups -OCH3 is 1. The van der Waals surface area contributed by atoms with Crippen molar-refractivity contribution in [2.45, 2.75) is 6.42 Å². The summed E-state index contributed by atoms with van der Waals surface area (Å²) in [7, 11) is 3.18. The van der Waals surface area contributed by atoms with E-state index in [1.54, 1.807) is 0 Å². The van der Waals surface area contributed by atoms with Crippen LogP contribution < -0.4 is 15.8 Å². The molecule has 0 unspecified atom stereocenters. The van der Waals surface area contributed by atoms with E-state index in [1.165, 1.54) is 19.4 Å². The topological polar surface area (TPSA) is 91.5 Å². The van der Waals surface area contributed by atoms with Crippen molar-refractivity contribution in [1.29, 1.82) is 0 Å². The number of H-pyrrole nitrogens is 1. The number of aromatic amines is 1. The highest BCUT2D eigenvalue weighted by atomic mass is 16.5. The lowest BCUT2D eigenvalue weighted by Gasteiger charge is -2.32. The fraction of sp³-hybridized carbons (Fsp3) is 0.278. The molecule has 3 rings (SSSR count). The van der Waals surface area contributed by atoms with Crippen molar-refractivity contribution in [1.82, 2.24) is 4.98 Å². The second-order valence-corrected chi connectivity index (χ2v) is 6.02. The Labute approximate surface area is 144 Å². The van der Waals surface area contributed by atoms with Gasteiger partial charge in [0.25, 0.3) is 5.56 Å². The third-order valence-corrected chi connectivity index (χ3v) is 4.32. The Balaban J connectivity index is 1.79. The van der Waals surface area contributed by atoms with Crippen molar-refractivity contribution < 1.29 is 14.3 Å². The number of nitrogens with zero attached hydrogens (tertiary/aromatic N) is 1. The summed E-state index contributed by atoms with van der Waals surface area (Å²) in [6, 6.07) is 9.25. The average Bonchev–Trinajstić information content (AvgIpc) is 2.62. The smallest absolute Gasteiger partial charge is 0.339 e. The van der Waals surface area contributed by atoms with Gasteiger partial charge in [0.05, 0.1) is 18.6 Å². The van der Waals surface area contributed by atoms with Crippen LogP contribution in [-0.4, -0.2) is 37.6 Å². The molecule has 1 amide bonds. The highest BCUT2D eigenvalue weighted by Crippen LogP contribution is 2.28. The van der Waals surface area contributed by atoms with Gasteiger partial charge in [-0.05, 0) is 24.1 Å². The van der Waals surface area contributed by atoms with Gasteiger partial charge < -0.3 is 19.9 Å². The van der Waals surface area contributed by atoms with E-state index in [2.05, 4.69) is 15.0 Å². The number of anilines is 2. The maximum atomic E-state index is 12.6. The van der Waals surface area contributed by atoms with E-state index in [0.29, 0.717) is 13.0 Å². The zero-order valence-electron chi connectivity index (χ0n) is 14.0. The lowest BCUT2D eigenvalue weighted by atomic mass is 9.92. The number of rotatable bonds is 3. The monoisotopic (exact) mass is 341 g/mol. The van der Waals surface area contributed by atoms with Crippen LogP contribution in [0.4, 0.5) is 11.4 Å². The fourth-order valence-electron chi connectivity index (χ4n) is 3.04. The summed E-state index contributed by atoms with van der Waals surface area (Å²) in [6.45, 7) is 0.553. The van der Waals surface area contributed by atoms with Crippen molar-refractivity contribution in [3.63, 3.8) is 0 Å². The van der Waals surface area contributed by atoms with Gasteiger partial charge in [-0.3, -0.25) is 9.59 Å². The summed E-state index contributed by atoms with van der Waals surface area (Å²) < 4.78 is 4.63. The van der Waals surface area contributed by atoms with Crippen LogP contribution in [0, 0.1) is 5.92 Å². The van der Waals surface area contributed by atoms with E-state index in [1.807, 2.05) is 36.2 Å². The normalized spacial score (nSPS) is 16.1. The largest absolute Gasteiger partial charge is 0.465 e. The predicted molar refractivity (Wildman–Crippen MR) is 93.9 cm³/mol. The first-order valence-corrected chi connectivity index (χ1v) is 7.90. The molecule has 0 saturated carbocycles. The van der Waals surface area contributed by atoms with Gasteiger partial charge in [-0.2, -0.15) is 0 Å². The van der Waals surface area contributed by atoms with Crippen LogP contribution >= 0.6 is 0 Å². The molecule has 130 valence electrons. The molecule has 0 spiro atoms. The molecule has 7 heteroatoms. The van der Waals surface area contributed by atoms with Gasteiger partial charge in [0.15, 0.2) is 0 Å². The Morgan fingerprint density at radius 2 is 2.08 bits per heavy atom. The number of hydrogen-bond donors (Lipinski definition) is 2. The number of carbonyl (C=O) groups is 2. The lowest BCUT2D eigenvalue weighted by Crippen LogP contribution is -2.39. The van der Waals surface area contributed by atoms with Gasteiger partial charge in [-0.25, -0.2) is 4.79 Å². The van der Waals surface area contributed by atoms with Gasteiger partial charge in [-0.15, -0.1) is 0 Å². The summed E-state index contributed by atoms with van der Waals surface area (Å²) >= 11 is 0. The van der Waals surface area contributed by atoms with Crippen molar-refractivity contribution in [3.05, 3.63) is 58.0 Å². The highest BCUT2D eigenvalue weighted by molar-refractivity contribution is 5.95. The zero-order valence-corrected chi connectivity index (χ0v) is 14.0. The number of para-hydroxylation sites is 1. The van der Waals surface area contributed by atoms with Gasteiger partial charge in [0, 0.05) is 25.5 Å². The molecule has 0 bridgehead atoms. The van der Waals surface area contributed by atoms with Crippen LogP contribution in [0.5, 0.6) is 0 Å². The first-order valence-electron chi connectivity index (χ1n) is 7.90. The first kappa shape index (κ1) is 16.8. The number of benzene rings is 1.